The Kier molecular flexibility index (Phi) is 5.19. The van der Waals surface area contributed by atoms with E-state index in [0.717, 1.165) is 29.7 Å². The second-order valence-corrected chi connectivity index (χ2v) is 8.54. The largest absolute Gasteiger partial charge is 0.507 e. The molecule has 2 N–H and O–H groups in total. The van der Waals surface area contributed by atoms with Gasteiger partial charge in [0.2, 0.25) is 0 Å². The third-order valence-electron chi connectivity index (χ3n) is 5.35. The molecular weight excluding hydrogens is 388 g/mol. The predicted octanol–water partition coefficient (Wildman–Crippen LogP) is 3.00. The zero-order valence-corrected chi connectivity index (χ0v) is 17.1. The van der Waals surface area contributed by atoms with Gasteiger partial charge in [0.1, 0.15) is 16.6 Å². The van der Waals surface area contributed by atoms with E-state index in [9.17, 15) is 14.7 Å². The molecule has 2 heterocycles. The number of fused-ring (bicyclic) bond motifs is 3. The van der Waals surface area contributed by atoms with E-state index in [4.69, 9.17) is 0 Å². The zero-order chi connectivity index (χ0) is 20.5. The summed E-state index contributed by atoms with van der Waals surface area (Å²) in [6, 6.07) is 5.91. The van der Waals surface area contributed by atoms with E-state index in [0.29, 0.717) is 16.9 Å². The van der Waals surface area contributed by atoms with Gasteiger partial charge in [0.05, 0.1) is 17.9 Å². The quantitative estimate of drug-likeness (QED) is 0.510. The number of hydrogen-bond acceptors (Lipinski definition) is 6. The number of aromatic nitrogens is 2. The minimum absolute atomic E-state index is 0.0703. The molecule has 8 heteroatoms. The molecule has 150 valence electrons. The summed E-state index contributed by atoms with van der Waals surface area (Å²) in [6.07, 6.45) is 5.72. The van der Waals surface area contributed by atoms with Crippen molar-refractivity contribution in [2.24, 2.45) is 11.0 Å². The number of phenols is 1. The van der Waals surface area contributed by atoms with Crippen molar-refractivity contribution in [1.82, 2.24) is 15.0 Å². The van der Waals surface area contributed by atoms with Crippen LogP contribution in [0.1, 0.15) is 42.3 Å². The zero-order valence-electron chi connectivity index (χ0n) is 16.3. The molecule has 1 aliphatic rings. The van der Waals surface area contributed by atoms with Crippen molar-refractivity contribution in [2.75, 3.05) is 0 Å². The number of hydrogen-bond donors (Lipinski definition) is 2. The molecule has 2 unspecified atom stereocenters. The number of nitrogens with zero attached hydrogens (tertiary/aromatic N) is 3. The van der Waals surface area contributed by atoms with Gasteiger partial charge in [0.25, 0.3) is 11.5 Å². The second kappa shape index (κ2) is 7.79. The number of carbonyl (C=O) groups excluding carboxylic acids is 1. The average Bonchev–Trinajstić information content (AvgIpc) is 3.07. The van der Waals surface area contributed by atoms with Crippen molar-refractivity contribution < 1.29 is 9.90 Å². The van der Waals surface area contributed by atoms with E-state index in [1.807, 2.05) is 0 Å². The Balaban J connectivity index is 1.57. The van der Waals surface area contributed by atoms with Gasteiger partial charge in [-0.25, -0.2) is 10.4 Å². The highest BCUT2D eigenvalue weighted by Gasteiger charge is 2.25. The summed E-state index contributed by atoms with van der Waals surface area (Å²) in [7, 11) is 0. The summed E-state index contributed by atoms with van der Waals surface area (Å²) in [4.78, 5) is 32.0. The minimum Gasteiger partial charge on any atom is -0.507 e. The molecule has 0 radical (unpaired) electrons. The van der Waals surface area contributed by atoms with E-state index < -0.39 is 11.9 Å². The maximum absolute atomic E-state index is 13.1. The highest BCUT2D eigenvalue weighted by molar-refractivity contribution is 7.18. The molecule has 0 fully saturated rings. The van der Waals surface area contributed by atoms with Crippen LogP contribution in [-0.4, -0.2) is 26.8 Å². The number of phenolic OH excluding ortho intramolecular Hbond substituents is 1. The smallest absolute Gasteiger partial charge is 0.263 e. The number of carbonyl (C=O) groups is 1. The van der Waals surface area contributed by atoms with Crippen LogP contribution < -0.4 is 11.0 Å². The van der Waals surface area contributed by atoms with Crippen LogP contribution in [0.4, 0.5) is 0 Å². The van der Waals surface area contributed by atoms with Gasteiger partial charge in [0, 0.05) is 10.4 Å². The molecule has 2 aromatic heterocycles. The van der Waals surface area contributed by atoms with Crippen LogP contribution in [0.15, 0.2) is 40.5 Å². The molecule has 29 heavy (non-hydrogen) atoms. The predicted molar refractivity (Wildman–Crippen MR) is 114 cm³/mol. The lowest BCUT2D eigenvalue weighted by molar-refractivity contribution is -0.123. The van der Waals surface area contributed by atoms with Crippen LogP contribution in [0.2, 0.25) is 0 Å². The van der Waals surface area contributed by atoms with Gasteiger partial charge >= 0.3 is 0 Å². The molecule has 0 bridgehead atoms. The number of nitrogens with one attached hydrogen (secondary N) is 1. The number of thiophene rings is 1. The van der Waals surface area contributed by atoms with Gasteiger partial charge in [-0.2, -0.15) is 5.10 Å². The SMILES string of the molecule is CC1CCc2c(sc3ncn(C(C)C(=O)N/N=C/c4ccccc4O)c(=O)c23)C1. The molecule has 1 aromatic carbocycles. The van der Waals surface area contributed by atoms with Gasteiger partial charge in [0.15, 0.2) is 0 Å². The maximum atomic E-state index is 13.1. The Bertz CT molecular complexity index is 1160. The number of benzene rings is 1. The Morgan fingerprint density at radius 1 is 1.45 bits per heavy atom. The maximum Gasteiger partial charge on any atom is 0.263 e. The summed E-state index contributed by atoms with van der Waals surface area (Å²) in [5.74, 6) is 0.253. The number of hydrazone groups is 1. The lowest BCUT2D eigenvalue weighted by Gasteiger charge is -2.18. The van der Waals surface area contributed by atoms with Crippen molar-refractivity contribution >= 4 is 33.7 Å². The minimum atomic E-state index is -0.765. The standard InChI is InChI=1S/C21H22N4O3S/c1-12-7-8-15-17(9-12)29-20-18(15)21(28)25(11-22-20)13(2)19(27)24-23-10-14-5-3-4-6-16(14)26/h3-6,10-13,26H,7-9H2,1-2H3,(H,24,27)/b23-10+. The molecule has 2 atom stereocenters. The fourth-order valence-electron chi connectivity index (χ4n) is 3.60. The van der Waals surface area contributed by atoms with Gasteiger partial charge in [-0.15, -0.1) is 11.3 Å². The van der Waals surface area contributed by atoms with Crippen LogP contribution in [0.5, 0.6) is 5.75 Å². The molecule has 0 spiro atoms. The first-order valence-electron chi connectivity index (χ1n) is 9.58. The van der Waals surface area contributed by atoms with Gasteiger partial charge in [-0.3, -0.25) is 14.2 Å². The van der Waals surface area contributed by atoms with Crippen LogP contribution in [-0.2, 0) is 17.6 Å². The van der Waals surface area contributed by atoms with Crippen LogP contribution in [0, 0.1) is 5.92 Å². The molecule has 0 saturated heterocycles. The lowest BCUT2D eigenvalue weighted by atomic mass is 9.89. The van der Waals surface area contributed by atoms with Crippen molar-refractivity contribution in [3.8, 4) is 5.75 Å². The number of para-hydroxylation sites is 1. The summed E-state index contributed by atoms with van der Waals surface area (Å²) >= 11 is 1.59. The van der Waals surface area contributed by atoms with Gasteiger partial charge < -0.3 is 5.11 Å². The van der Waals surface area contributed by atoms with Crippen LogP contribution >= 0.6 is 11.3 Å². The van der Waals surface area contributed by atoms with Crippen molar-refractivity contribution in [3.63, 3.8) is 0 Å². The molecule has 0 aliphatic heterocycles. The van der Waals surface area contributed by atoms with E-state index in [1.165, 1.54) is 28.1 Å². The van der Waals surface area contributed by atoms with Crippen LogP contribution in [0.25, 0.3) is 10.2 Å². The van der Waals surface area contributed by atoms with Crippen molar-refractivity contribution in [2.45, 2.75) is 39.2 Å². The first-order valence-corrected chi connectivity index (χ1v) is 10.4. The monoisotopic (exact) mass is 410 g/mol. The summed E-state index contributed by atoms with van der Waals surface area (Å²) in [5, 5.41) is 14.3. The number of rotatable bonds is 4. The summed E-state index contributed by atoms with van der Waals surface area (Å²) < 4.78 is 1.36. The normalized spacial score (nSPS) is 17.4. The topological polar surface area (TPSA) is 96.6 Å². The highest BCUT2D eigenvalue weighted by atomic mass is 32.1. The Labute approximate surface area is 171 Å². The van der Waals surface area contributed by atoms with E-state index in [1.54, 1.807) is 36.5 Å². The average molecular weight is 410 g/mol. The highest BCUT2D eigenvalue weighted by Crippen LogP contribution is 2.35. The van der Waals surface area contributed by atoms with Gasteiger partial charge in [-0.05, 0) is 49.8 Å². The number of aryl methyl sites for hydroxylation is 1. The Morgan fingerprint density at radius 2 is 2.24 bits per heavy atom. The van der Waals surface area contributed by atoms with Crippen molar-refractivity contribution in [3.05, 3.63) is 57.0 Å². The third kappa shape index (κ3) is 3.67. The lowest BCUT2D eigenvalue weighted by Crippen LogP contribution is -2.34. The van der Waals surface area contributed by atoms with Crippen molar-refractivity contribution in [1.29, 1.82) is 0 Å². The van der Waals surface area contributed by atoms with Crippen LogP contribution in [0.3, 0.4) is 0 Å². The van der Waals surface area contributed by atoms with Gasteiger partial charge in [-0.1, -0.05) is 19.1 Å². The van der Waals surface area contributed by atoms with E-state index in [2.05, 4.69) is 22.4 Å². The first-order chi connectivity index (χ1) is 14.0. The Hall–Kier alpha value is -3.00. The number of amides is 1. The molecule has 0 saturated carbocycles. The fourth-order valence-corrected chi connectivity index (χ4v) is 4.94. The van der Waals surface area contributed by atoms with E-state index in [-0.39, 0.29) is 11.3 Å². The fraction of sp³-hybridized carbons (Fsp3) is 0.333. The Morgan fingerprint density at radius 3 is 3.03 bits per heavy atom. The second-order valence-electron chi connectivity index (χ2n) is 7.46. The molecule has 3 aromatic rings. The molecule has 1 aliphatic carbocycles. The summed E-state index contributed by atoms with van der Waals surface area (Å²) in [6.45, 7) is 3.86. The first kappa shape index (κ1) is 19.3. The van der Waals surface area contributed by atoms with E-state index >= 15 is 0 Å². The number of aromatic hydroxyl groups is 1. The third-order valence-corrected chi connectivity index (χ3v) is 6.52. The summed E-state index contributed by atoms with van der Waals surface area (Å²) in [5.41, 5.74) is 3.83. The molecule has 4 rings (SSSR count). The molecular formula is C21H22N4O3S. The molecule has 1 amide bonds. The molecule has 7 nitrogen and oxygen atoms in total.